The molecule has 13 nitrogen and oxygen atoms in total. The van der Waals surface area contributed by atoms with Crippen LogP contribution in [0.2, 0.25) is 0 Å². The molecule has 17 heteroatoms. The van der Waals surface area contributed by atoms with E-state index in [9.17, 15) is 14.4 Å². The molecule has 2 fully saturated rings. The van der Waals surface area contributed by atoms with E-state index in [4.69, 9.17) is 4.74 Å². The summed E-state index contributed by atoms with van der Waals surface area (Å²) in [5.41, 5.74) is 1.29. The highest BCUT2D eigenvalue weighted by Crippen LogP contribution is 2.39. The third kappa shape index (κ3) is 7.04. The highest BCUT2D eigenvalue weighted by Gasteiger charge is 2.31. The molecule has 3 aromatic rings. The fourth-order valence-electron chi connectivity index (χ4n) is 4.90. The lowest BCUT2D eigenvalue weighted by molar-refractivity contribution is -0.117. The van der Waals surface area contributed by atoms with Crippen molar-refractivity contribution in [1.82, 2.24) is 35.1 Å². The molecule has 1 saturated carbocycles. The van der Waals surface area contributed by atoms with Gasteiger partial charge in [-0.1, -0.05) is 0 Å². The summed E-state index contributed by atoms with van der Waals surface area (Å²) >= 11 is 0. The number of aromatic nitrogens is 4. The van der Waals surface area contributed by atoms with Gasteiger partial charge in [0.15, 0.2) is 17.3 Å². The molecule has 0 bridgehead atoms. The smallest absolute Gasteiger partial charge is 0.272 e. The van der Waals surface area contributed by atoms with Crippen LogP contribution >= 0.6 is 0 Å². The number of nitrogens with one attached hydrogen (secondary N) is 3. The highest BCUT2D eigenvalue weighted by molar-refractivity contribution is 6.60. The van der Waals surface area contributed by atoms with E-state index in [0.29, 0.717) is 30.0 Å². The number of piperazine rings is 1. The van der Waals surface area contributed by atoms with Gasteiger partial charge in [-0.25, -0.2) is 4.39 Å². The molecule has 1 saturated heterocycles. The van der Waals surface area contributed by atoms with Gasteiger partial charge in [0, 0.05) is 56.8 Å². The summed E-state index contributed by atoms with van der Waals surface area (Å²) in [5.74, 6) is -1.17. The van der Waals surface area contributed by atoms with Crippen LogP contribution in [0, 0.1) is 11.7 Å². The first-order valence-corrected chi connectivity index (χ1v) is 14.5. The highest BCUT2D eigenvalue weighted by atomic mass is 19.1. The summed E-state index contributed by atoms with van der Waals surface area (Å²) in [6.45, 7) is 2.74. The number of carbonyl (C=O) groups is 3. The molecule has 2 aromatic heterocycles. The number of anilines is 3. The molecule has 1 aliphatic heterocycles. The zero-order valence-electron chi connectivity index (χ0n) is 25.8. The predicted octanol–water partition coefficient (Wildman–Crippen LogP) is -1.26. The second-order valence-corrected chi connectivity index (χ2v) is 12.3. The average molecular weight is 601 g/mol. The number of hydrogen-bond acceptors (Lipinski definition) is 9. The second-order valence-electron chi connectivity index (χ2n) is 12.3. The van der Waals surface area contributed by atoms with Gasteiger partial charge < -0.3 is 30.5 Å². The molecule has 1 aliphatic carbocycles. The standard InChI is InChI=1S/C27H35B3FN9O4/c1-38-6-8-40(9-7-38)26(43)20-12-17(37-39(20)2)16-10-15(31)11-19(23(16)44-3)32-18-13-21(33-24(41)14-4-5-14)35-36-22(18)25(42)34-27(28,29)30/h10-14H,4-9,28-30H2,1-3H3,(H,34,42)(H2,32,33,35,41). The Labute approximate surface area is 257 Å². The monoisotopic (exact) mass is 601 g/mol. The molecule has 44 heavy (non-hydrogen) atoms. The summed E-state index contributed by atoms with van der Waals surface area (Å²) in [5, 5.41) is 20.7. The van der Waals surface area contributed by atoms with Crippen LogP contribution in [0.25, 0.3) is 11.3 Å². The number of amides is 3. The molecular weight excluding hydrogens is 566 g/mol. The molecule has 3 heterocycles. The van der Waals surface area contributed by atoms with E-state index in [0.717, 1.165) is 25.9 Å². The minimum absolute atomic E-state index is 0.0601. The molecule has 0 atom stereocenters. The number of aryl methyl sites for hydroxylation is 1. The predicted molar refractivity (Wildman–Crippen MR) is 171 cm³/mol. The lowest BCUT2D eigenvalue weighted by Gasteiger charge is -2.32. The number of carbonyl (C=O) groups excluding carboxylic acids is 3. The Morgan fingerprint density at radius 3 is 2.34 bits per heavy atom. The van der Waals surface area contributed by atoms with Crippen molar-refractivity contribution in [3.8, 4) is 17.0 Å². The van der Waals surface area contributed by atoms with Crippen LogP contribution in [-0.2, 0) is 11.8 Å². The maximum atomic E-state index is 15.2. The first-order chi connectivity index (χ1) is 20.8. The van der Waals surface area contributed by atoms with Crippen LogP contribution in [0.5, 0.6) is 5.75 Å². The molecule has 0 spiro atoms. The van der Waals surface area contributed by atoms with Gasteiger partial charge in [-0.05, 0) is 37.3 Å². The maximum absolute atomic E-state index is 15.2. The van der Waals surface area contributed by atoms with Gasteiger partial charge >= 0.3 is 0 Å². The van der Waals surface area contributed by atoms with E-state index in [1.807, 2.05) is 30.6 Å². The van der Waals surface area contributed by atoms with Crippen LogP contribution in [0.3, 0.4) is 0 Å². The molecule has 0 radical (unpaired) electrons. The molecular formula is C27H35B3FN9O4. The number of halogens is 1. The summed E-state index contributed by atoms with van der Waals surface area (Å²) in [6, 6.07) is 5.58. The lowest BCUT2D eigenvalue weighted by atomic mass is 9.49. The quantitative estimate of drug-likeness (QED) is 0.256. The van der Waals surface area contributed by atoms with Crippen LogP contribution in [0.15, 0.2) is 24.3 Å². The molecule has 5 rings (SSSR count). The van der Waals surface area contributed by atoms with E-state index in [2.05, 4.69) is 36.1 Å². The number of nitrogens with zero attached hydrogens (tertiary/aromatic N) is 6. The molecule has 228 valence electrons. The van der Waals surface area contributed by atoms with Crippen molar-refractivity contribution in [2.75, 3.05) is 51.0 Å². The van der Waals surface area contributed by atoms with Crippen LogP contribution in [-0.4, -0.2) is 117 Å². The Bertz CT molecular complexity index is 1600. The Morgan fingerprint density at radius 1 is 1.00 bits per heavy atom. The summed E-state index contributed by atoms with van der Waals surface area (Å²) < 4.78 is 22.4. The number of likely N-dealkylation sites (N-methyl/N-ethyl adjacent to an activating group) is 1. The van der Waals surface area contributed by atoms with E-state index in [-0.39, 0.29) is 46.4 Å². The number of benzene rings is 1. The number of rotatable bonds is 9. The van der Waals surface area contributed by atoms with E-state index < -0.39 is 17.0 Å². The third-order valence-corrected chi connectivity index (χ3v) is 7.39. The molecule has 3 N–H and O–H groups in total. The second kappa shape index (κ2) is 12.3. The number of ether oxygens (including phenoxy) is 1. The minimum Gasteiger partial charge on any atom is -0.494 e. The summed E-state index contributed by atoms with van der Waals surface area (Å²) in [7, 11) is 10.6. The van der Waals surface area contributed by atoms with Crippen molar-refractivity contribution in [3.63, 3.8) is 0 Å². The van der Waals surface area contributed by atoms with Gasteiger partial charge in [-0.15, -0.1) is 10.2 Å². The van der Waals surface area contributed by atoms with E-state index in [1.165, 1.54) is 30.0 Å². The largest absolute Gasteiger partial charge is 0.494 e. The van der Waals surface area contributed by atoms with Gasteiger partial charge in [-0.2, -0.15) is 5.10 Å². The van der Waals surface area contributed by atoms with Gasteiger partial charge in [-0.3, -0.25) is 19.1 Å². The number of hydrogen-bond donors (Lipinski definition) is 3. The van der Waals surface area contributed by atoms with Crippen molar-refractivity contribution in [3.05, 3.63) is 41.5 Å². The fourth-order valence-corrected chi connectivity index (χ4v) is 4.90. The molecule has 1 aromatic carbocycles. The van der Waals surface area contributed by atoms with Gasteiger partial charge in [0.2, 0.25) is 5.91 Å². The number of methoxy groups -OCH3 is 1. The summed E-state index contributed by atoms with van der Waals surface area (Å²) in [4.78, 5) is 42.8. The van der Waals surface area contributed by atoms with Crippen molar-refractivity contribution in [2.45, 2.75) is 18.1 Å². The fraction of sp³-hybridized carbons (Fsp3) is 0.407. The maximum Gasteiger partial charge on any atom is 0.272 e. The van der Waals surface area contributed by atoms with Crippen LogP contribution in [0.1, 0.15) is 33.8 Å². The van der Waals surface area contributed by atoms with Gasteiger partial charge in [0.1, 0.15) is 35.0 Å². The lowest BCUT2D eigenvalue weighted by Crippen LogP contribution is -2.50. The molecule has 2 aliphatic rings. The first-order valence-electron chi connectivity index (χ1n) is 14.5. The SMILES string of the molecule is BC(B)(B)NC(=O)c1nnc(NC(=O)C2CC2)cc1Nc1cc(F)cc(-c2cc(C(=O)N3CCN(C)CC3)n(C)n2)c1OC. The van der Waals surface area contributed by atoms with Crippen molar-refractivity contribution >= 4 is 58.5 Å². The van der Waals surface area contributed by atoms with E-state index in [1.54, 1.807) is 18.0 Å². The minimum atomic E-state index is -0.606. The third-order valence-electron chi connectivity index (χ3n) is 7.39. The molecule has 3 amide bonds. The van der Waals surface area contributed by atoms with Crippen molar-refractivity contribution in [1.29, 1.82) is 0 Å². The Hall–Kier alpha value is -4.40. The van der Waals surface area contributed by atoms with Crippen molar-refractivity contribution < 1.29 is 23.5 Å². The summed E-state index contributed by atoms with van der Waals surface area (Å²) in [6.07, 6.45) is 1.60. The average Bonchev–Trinajstić information content (AvgIpc) is 3.73. The van der Waals surface area contributed by atoms with Gasteiger partial charge in [0.25, 0.3) is 11.8 Å². The normalized spacial score (nSPS) is 15.5. The Kier molecular flexibility index (Phi) is 8.68. The topological polar surface area (TPSA) is 147 Å². The first kappa shape index (κ1) is 31.0. The van der Waals surface area contributed by atoms with Crippen LogP contribution < -0.4 is 20.7 Å². The zero-order chi connectivity index (χ0) is 31.8. The Morgan fingerprint density at radius 2 is 1.70 bits per heavy atom. The van der Waals surface area contributed by atoms with E-state index >= 15 is 4.39 Å². The van der Waals surface area contributed by atoms with Gasteiger partial charge in [0.05, 0.1) is 24.2 Å². The Balaban J connectivity index is 1.50. The van der Waals surface area contributed by atoms with Crippen molar-refractivity contribution in [2.24, 2.45) is 13.0 Å². The zero-order valence-corrected chi connectivity index (χ0v) is 25.8. The molecule has 0 unspecified atom stereocenters. The van der Waals surface area contributed by atoms with Crippen LogP contribution in [0.4, 0.5) is 21.6 Å².